The summed E-state index contributed by atoms with van der Waals surface area (Å²) in [6, 6.07) is 13.1. The number of methoxy groups -OCH3 is 1. The van der Waals surface area contributed by atoms with Gasteiger partial charge in [-0.1, -0.05) is 38.1 Å². The maximum atomic E-state index is 12.3. The lowest BCUT2D eigenvalue weighted by Crippen LogP contribution is -2.31. The molecule has 5 nitrogen and oxygen atoms in total. The predicted molar refractivity (Wildman–Crippen MR) is 110 cm³/mol. The molecule has 2 aromatic carbocycles. The summed E-state index contributed by atoms with van der Waals surface area (Å²) in [6.45, 7) is 7.68. The highest BCUT2D eigenvalue weighted by atomic mass is 16.5. The Hall–Kier alpha value is -2.82. The lowest BCUT2D eigenvalue weighted by molar-refractivity contribution is -0.123. The van der Waals surface area contributed by atoms with Crippen molar-refractivity contribution in [3.05, 3.63) is 59.2 Å². The fraction of sp³-hybridized carbons (Fsp3) is 0.391. The van der Waals surface area contributed by atoms with E-state index in [9.17, 15) is 9.59 Å². The van der Waals surface area contributed by atoms with Crippen LogP contribution in [0.25, 0.3) is 0 Å². The molecule has 150 valence electrons. The van der Waals surface area contributed by atoms with Crippen LogP contribution in [0.1, 0.15) is 55.2 Å². The van der Waals surface area contributed by atoms with Crippen LogP contribution in [-0.2, 0) is 11.2 Å². The average Bonchev–Trinajstić information content (AvgIpc) is 2.66. The largest absolute Gasteiger partial charge is 0.493 e. The molecule has 1 atom stereocenters. The third-order valence-electron chi connectivity index (χ3n) is 4.43. The average molecular weight is 383 g/mol. The monoisotopic (exact) mass is 383 g/mol. The summed E-state index contributed by atoms with van der Waals surface area (Å²) in [5, 5.41) is 2.93. The fourth-order valence-corrected chi connectivity index (χ4v) is 2.93. The lowest BCUT2D eigenvalue weighted by atomic mass is 10.00. The van der Waals surface area contributed by atoms with E-state index >= 15 is 0 Å². The van der Waals surface area contributed by atoms with Crippen molar-refractivity contribution < 1.29 is 19.1 Å². The number of carbonyl (C=O) groups excluding carboxylic acids is 2. The Morgan fingerprint density at radius 3 is 2.25 bits per heavy atom. The molecule has 0 aromatic heterocycles. The van der Waals surface area contributed by atoms with Gasteiger partial charge in [0.15, 0.2) is 23.9 Å². The Balaban J connectivity index is 1.92. The van der Waals surface area contributed by atoms with E-state index in [-0.39, 0.29) is 24.3 Å². The lowest BCUT2D eigenvalue weighted by Gasteiger charge is -2.16. The Morgan fingerprint density at radius 2 is 1.68 bits per heavy atom. The second-order valence-electron chi connectivity index (χ2n) is 7.34. The predicted octanol–water partition coefficient (Wildman–Crippen LogP) is 4.35. The Labute approximate surface area is 167 Å². The molecule has 2 rings (SSSR count). The number of rotatable bonds is 9. The number of nitrogens with one attached hydrogen (secondary N) is 1. The standard InChI is InChI=1S/C23H29NO4/c1-15(2)12-18-6-8-19(9-7-18)16(3)24-23(26)14-28-21-11-10-20(17(4)25)13-22(21)27-5/h6-11,13,15-16H,12,14H2,1-5H3,(H,24,26). The number of Topliss-reactive ketones (excluding diaryl/α,β-unsaturated/α-hetero) is 1. The minimum Gasteiger partial charge on any atom is -0.493 e. The van der Waals surface area contributed by atoms with Crippen molar-refractivity contribution in [1.82, 2.24) is 5.32 Å². The zero-order valence-electron chi connectivity index (χ0n) is 17.2. The molecule has 0 aliphatic rings. The molecule has 1 unspecified atom stereocenters. The first-order valence-corrected chi connectivity index (χ1v) is 9.50. The number of ether oxygens (including phenoxy) is 2. The van der Waals surface area contributed by atoms with E-state index in [0.717, 1.165) is 12.0 Å². The smallest absolute Gasteiger partial charge is 0.258 e. The fourth-order valence-electron chi connectivity index (χ4n) is 2.93. The molecular weight excluding hydrogens is 354 g/mol. The van der Waals surface area contributed by atoms with Gasteiger partial charge >= 0.3 is 0 Å². The van der Waals surface area contributed by atoms with Gasteiger partial charge in [0.25, 0.3) is 5.91 Å². The first kappa shape index (κ1) is 21.5. The van der Waals surface area contributed by atoms with E-state index in [2.05, 4.69) is 31.3 Å². The molecule has 0 saturated carbocycles. The molecule has 0 saturated heterocycles. The number of hydrogen-bond acceptors (Lipinski definition) is 4. The maximum Gasteiger partial charge on any atom is 0.258 e. The number of benzene rings is 2. The van der Waals surface area contributed by atoms with Crippen LogP contribution in [0.15, 0.2) is 42.5 Å². The van der Waals surface area contributed by atoms with Gasteiger partial charge in [0.2, 0.25) is 0 Å². The topological polar surface area (TPSA) is 64.6 Å². The number of ketones is 1. The molecule has 0 radical (unpaired) electrons. The van der Waals surface area contributed by atoms with E-state index in [0.29, 0.717) is 23.0 Å². The molecule has 5 heteroatoms. The molecule has 1 N–H and O–H groups in total. The molecule has 1 amide bonds. The van der Waals surface area contributed by atoms with E-state index in [1.54, 1.807) is 18.2 Å². The summed E-state index contributed by atoms with van der Waals surface area (Å²) < 4.78 is 10.8. The highest BCUT2D eigenvalue weighted by molar-refractivity contribution is 5.94. The van der Waals surface area contributed by atoms with Crippen LogP contribution >= 0.6 is 0 Å². The van der Waals surface area contributed by atoms with E-state index in [1.165, 1.54) is 19.6 Å². The third kappa shape index (κ3) is 6.12. The third-order valence-corrected chi connectivity index (χ3v) is 4.43. The molecule has 0 fully saturated rings. The normalized spacial score (nSPS) is 11.8. The van der Waals surface area contributed by atoms with E-state index < -0.39 is 0 Å². The van der Waals surface area contributed by atoms with Crippen molar-refractivity contribution in [2.75, 3.05) is 13.7 Å². The summed E-state index contributed by atoms with van der Waals surface area (Å²) in [6.07, 6.45) is 1.04. The van der Waals surface area contributed by atoms with Crippen LogP contribution < -0.4 is 14.8 Å². The van der Waals surface area contributed by atoms with Crippen molar-refractivity contribution in [3.8, 4) is 11.5 Å². The summed E-state index contributed by atoms with van der Waals surface area (Å²) in [5.74, 6) is 1.18. The van der Waals surface area contributed by atoms with Gasteiger partial charge in [-0.25, -0.2) is 0 Å². The van der Waals surface area contributed by atoms with Crippen LogP contribution in [0.3, 0.4) is 0 Å². The van der Waals surface area contributed by atoms with Gasteiger partial charge in [0, 0.05) is 5.56 Å². The van der Waals surface area contributed by atoms with Crippen molar-refractivity contribution in [2.24, 2.45) is 5.92 Å². The van der Waals surface area contributed by atoms with E-state index in [4.69, 9.17) is 9.47 Å². The van der Waals surface area contributed by atoms with Gasteiger partial charge in [-0.15, -0.1) is 0 Å². The molecule has 0 heterocycles. The quantitative estimate of drug-likeness (QED) is 0.654. The Morgan fingerprint density at radius 1 is 1.00 bits per heavy atom. The molecular formula is C23H29NO4. The summed E-state index contributed by atoms with van der Waals surface area (Å²) in [4.78, 5) is 23.7. The zero-order chi connectivity index (χ0) is 20.7. The minimum absolute atomic E-state index is 0.0594. The number of carbonyl (C=O) groups is 2. The van der Waals surface area contributed by atoms with E-state index in [1.807, 2.05) is 19.1 Å². The summed E-state index contributed by atoms with van der Waals surface area (Å²) in [7, 11) is 1.50. The van der Waals surface area contributed by atoms with Gasteiger partial charge < -0.3 is 14.8 Å². The Kier molecular flexibility index (Phi) is 7.61. The van der Waals surface area contributed by atoms with Gasteiger partial charge in [-0.3, -0.25) is 9.59 Å². The summed E-state index contributed by atoms with van der Waals surface area (Å²) >= 11 is 0. The van der Waals surface area contributed by atoms with Gasteiger partial charge in [-0.2, -0.15) is 0 Å². The highest BCUT2D eigenvalue weighted by Crippen LogP contribution is 2.28. The van der Waals surface area contributed by atoms with Crippen LogP contribution in [0, 0.1) is 5.92 Å². The Bertz CT molecular complexity index is 812. The zero-order valence-corrected chi connectivity index (χ0v) is 17.2. The highest BCUT2D eigenvalue weighted by Gasteiger charge is 2.13. The number of amides is 1. The molecule has 0 aliphatic heterocycles. The maximum absolute atomic E-state index is 12.3. The first-order valence-electron chi connectivity index (χ1n) is 9.50. The van der Waals surface area contributed by atoms with Crippen molar-refractivity contribution in [1.29, 1.82) is 0 Å². The van der Waals surface area contributed by atoms with Crippen molar-refractivity contribution in [3.63, 3.8) is 0 Å². The molecule has 2 aromatic rings. The van der Waals surface area contributed by atoms with Crippen molar-refractivity contribution >= 4 is 11.7 Å². The second-order valence-corrected chi connectivity index (χ2v) is 7.34. The molecule has 28 heavy (non-hydrogen) atoms. The number of hydrogen-bond donors (Lipinski definition) is 1. The molecule has 0 spiro atoms. The van der Waals surface area contributed by atoms with Crippen LogP contribution in [0.5, 0.6) is 11.5 Å². The van der Waals surface area contributed by atoms with Crippen molar-refractivity contribution in [2.45, 2.75) is 40.2 Å². The van der Waals surface area contributed by atoms with Gasteiger partial charge in [0.1, 0.15) is 0 Å². The first-order chi connectivity index (χ1) is 13.3. The van der Waals surface area contributed by atoms with Gasteiger partial charge in [-0.05, 0) is 55.5 Å². The molecule has 0 aliphatic carbocycles. The van der Waals surface area contributed by atoms with Crippen LogP contribution in [0.2, 0.25) is 0 Å². The SMILES string of the molecule is COc1cc(C(C)=O)ccc1OCC(=O)NC(C)c1ccc(CC(C)C)cc1. The second kappa shape index (κ2) is 9.93. The minimum atomic E-state index is -0.226. The van der Waals surface area contributed by atoms with Gasteiger partial charge in [0.05, 0.1) is 13.2 Å². The summed E-state index contributed by atoms with van der Waals surface area (Å²) in [5.41, 5.74) is 2.87. The van der Waals surface area contributed by atoms with Crippen LogP contribution in [0.4, 0.5) is 0 Å². The van der Waals surface area contributed by atoms with Crippen LogP contribution in [-0.4, -0.2) is 25.4 Å². The molecule has 0 bridgehead atoms.